The van der Waals surface area contributed by atoms with Gasteiger partial charge in [-0.3, -0.25) is 4.79 Å². The molecule has 0 aliphatic carbocycles. The lowest BCUT2D eigenvalue weighted by Gasteiger charge is -2.34. The summed E-state index contributed by atoms with van der Waals surface area (Å²) in [7, 11) is 0. The van der Waals surface area contributed by atoms with Crippen molar-refractivity contribution in [1.82, 2.24) is 10.2 Å². The van der Waals surface area contributed by atoms with E-state index in [0.717, 1.165) is 22.6 Å². The lowest BCUT2D eigenvalue weighted by atomic mass is 9.92. The molecule has 0 aromatic carbocycles. The van der Waals surface area contributed by atoms with Crippen molar-refractivity contribution in [2.45, 2.75) is 24.6 Å². The van der Waals surface area contributed by atoms with Gasteiger partial charge in [0.2, 0.25) is 5.13 Å². The smallest absolute Gasteiger partial charge is 0.313 e. The number of hydrogen-bond donors (Lipinski definition) is 1. The maximum absolute atomic E-state index is 10.5. The van der Waals surface area contributed by atoms with Crippen molar-refractivity contribution in [2.75, 3.05) is 23.7 Å². The van der Waals surface area contributed by atoms with E-state index in [1.807, 2.05) is 0 Å². The third kappa shape index (κ3) is 3.58. The molecular formula is C11H17N3O2S2. The van der Waals surface area contributed by atoms with Gasteiger partial charge in [-0.15, -0.1) is 10.2 Å². The number of thioether (sulfide) groups is 1. The Morgan fingerprint density at radius 2 is 2.11 bits per heavy atom. The zero-order valence-electron chi connectivity index (χ0n) is 10.5. The van der Waals surface area contributed by atoms with Crippen LogP contribution in [-0.2, 0) is 4.79 Å². The fraction of sp³-hybridized carbons (Fsp3) is 0.727. The van der Waals surface area contributed by atoms with Crippen LogP contribution in [0.1, 0.15) is 20.3 Å². The van der Waals surface area contributed by atoms with Gasteiger partial charge < -0.3 is 10.0 Å². The molecular weight excluding hydrogens is 270 g/mol. The van der Waals surface area contributed by atoms with Crippen molar-refractivity contribution in [2.24, 2.45) is 11.8 Å². The molecule has 1 saturated heterocycles. The average molecular weight is 287 g/mol. The molecule has 2 atom stereocenters. The summed E-state index contributed by atoms with van der Waals surface area (Å²) in [5.41, 5.74) is 0. The van der Waals surface area contributed by atoms with Gasteiger partial charge in [0.05, 0.1) is 5.75 Å². The molecule has 0 bridgehead atoms. The predicted octanol–water partition coefficient (Wildman–Crippen LogP) is 2.20. The van der Waals surface area contributed by atoms with Crippen LogP contribution in [0.3, 0.4) is 0 Å². The number of anilines is 1. The zero-order valence-corrected chi connectivity index (χ0v) is 12.1. The topological polar surface area (TPSA) is 66.3 Å². The van der Waals surface area contributed by atoms with Crippen LogP contribution >= 0.6 is 23.1 Å². The van der Waals surface area contributed by atoms with Crippen molar-refractivity contribution < 1.29 is 9.90 Å². The van der Waals surface area contributed by atoms with Gasteiger partial charge in [-0.05, 0) is 18.3 Å². The SMILES string of the molecule is CC1CC(C)CN(c2nnc(SCC(=O)O)s2)C1. The molecule has 0 spiro atoms. The zero-order chi connectivity index (χ0) is 13.1. The van der Waals surface area contributed by atoms with Gasteiger partial charge in [0.15, 0.2) is 4.34 Å². The summed E-state index contributed by atoms with van der Waals surface area (Å²) in [5.74, 6) is 0.569. The van der Waals surface area contributed by atoms with E-state index in [2.05, 4.69) is 28.9 Å². The third-order valence-electron chi connectivity index (χ3n) is 2.85. The summed E-state index contributed by atoms with van der Waals surface area (Å²) < 4.78 is 0.735. The molecule has 2 heterocycles. The van der Waals surface area contributed by atoms with E-state index < -0.39 is 5.97 Å². The van der Waals surface area contributed by atoms with Crippen LogP contribution in [0.4, 0.5) is 5.13 Å². The molecule has 0 radical (unpaired) electrons. The highest BCUT2D eigenvalue weighted by Crippen LogP contribution is 2.31. The molecule has 1 aromatic heterocycles. The Labute approximate surface area is 115 Å². The van der Waals surface area contributed by atoms with Crippen molar-refractivity contribution in [1.29, 1.82) is 0 Å². The highest BCUT2D eigenvalue weighted by atomic mass is 32.2. The number of carbonyl (C=O) groups is 1. The van der Waals surface area contributed by atoms with Crippen LogP contribution in [0.25, 0.3) is 0 Å². The molecule has 18 heavy (non-hydrogen) atoms. The number of aromatic nitrogens is 2. The second kappa shape index (κ2) is 5.88. The molecule has 1 fully saturated rings. The lowest BCUT2D eigenvalue weighted by molar-refractivity contribution is -0.133. The van der Waals surface area contributed by atoms with E-state index in [9.17, 15) is 4.79 Å². The minimum atomic E-state index is -0.822. The second-order valence-corrected chi connectivity index (χ2v) is 7.06. The van der Waals surface area contributed by atoms with Gasteiger partial charge in [0, 0.05) is 13.1 Å². The monoisotopic (exact) mass is 287 g/mol. The number of nitrogens with zero attached hydrogens (tertiary/aromatic N) is 3. The highest BCUT2D eigenvalue weighted by molar-refractivity contribution is 8.01. The molecule has 1 aliphatic rings. The molecule has 100 valence electrons. The second-order valence-electron chi connectivity index (χ2n) is 4.88. The van der Waals surface area contributed by atoms with E-state index in [-0.39, 0.29) is 5.75 Å². The van der Waals surface area contributed by atoms with Crippen molar-refractivity contribution in [3.05, 3.63) is 0 Å². The maximum atomic E-state index is 10.5. The van der Waals surface area contributed by atoms with Crippen molar-refractivity contribution >= 4 is 34.2 Å². The minimum Gasteiger partial charge on any atom is -0.481 e. The van der Waals surface area contributed by atoms with Gasteiger partial charge in [-0.25, -0.2) is 0 Å². The van der Waals surface area contributed by atoms with Crippen LogP contribution in [0.5, 0.6) is 0 Å². The van der Waals surface area contributed by atoms with Crippen molar-refractivity contribution in [3.8, 4) is 0 Å². The molecule has 2 unspecified atom stereocenters. The molecule has 1 aliphatic heterocycles. The summed E-state index contributed by atoms with van der Waals surface area (Å²) >= 11 is 2.72. The predicted molar refractivity (Wildman–Crippen MR) is 73.4 cm³/mol. The fourth-order valence-corrected chi connectivity index (χ4v) is 3.91. The van der Waals surface area contributed by atoms with Crippen LogP contribution in [0.2, 0.25) is 0 Å². The van der Waals surface area contributed by atoms with Gasteiger partial charge >= 0.3 is 5.97 Å². The summed E-state index contributed by atoms with van der Waals surface area (Å²) in [6.07, 6.45) is 1.26. The van der Waals surface area contributed by atoms with Crippen LogP contribution in [0, 0.1) is 11.8 Å². The van der Waals surface area contributed by atoms with Gasteiger partial charge in [0.25, 0.3) is 0 Å². The van der Waals surface area contributed by atoms with E-state index in [4.69, 9.17) is 5.11 Å². The summed E-state index contributed by atoms with van der Waals surface area (Å²) in [6, 6.07) is 0. The normalized spacial score (nSPS) is 24.2. The Morgan fingerprint density at radius 3 is 2.72 bits per heavy atom. The molecule has 0 amide bonds. The lowest BCUT2D eigenvalue weighted by Crippen LogP contribution is -2.38. The summed E-state index contributed by atoms with van der Waals surface area (Å²) in [5, 5.41) is 17.8. The number of hydrogen-bond acceptors (Lipinski definition) is 6. The molecule has 1 aromatic rings. The summed E-state index contributed by atoms with van der Waals surface area (Å²) in [4.78, 5) is 12.8. The van der Waals surface area contributed by atoms with Gasteiger partial charge in [0.1, 0.15) is 0 Å². The first-order chi connectivity index (χ1) is 8.54. The Hall–Kier alpha value is -0.820. The van der Waals surface area contributed by atoms with E-state index in [0.29, 0.717) is 11.8 Å². The van der Waals surface area contributed by atoms with Gasteiger partial charge in [-0.1, -0.05) is 36.9 Å². The molecule has 2 rings (SSSR count). The number of aliphatic carboxylic acids is 1. The van der Waals surface area contributed by atoms with Crippen molar-refractivity contribution in [3.63, 3.8) is 0 Å². The Morgan fingerprint density at radius 1 is 1.44 bits per heavy atom. The number of carboxylic acids is 1. The van der Waals surface area contributed by atoms with Crippen LogP contribution < -0.4 is 4.90 Å². The molecule has 7 heteroatoms. The number of piperidine rings is 1. The van der Waals surface area contributed by atoms with E-state index in [1.54, 1.807) is 0 Å². The maximum Gasteiger partial charge on any atom is 0.313 e. The molecule has 1 N–H and O–H groups in total. The fourth-order valence-electron chi connectivity index (χ4n) is 2.33. The Balaban J connectivity index is 1.98. The Bertz CT molecular complexity index is 414. The first kappa shape index (κ1) is 13.6. The largest absolute Gasteiger partial charge is 0.481 e. The third-order valence-corrected chi connectivity index (χ3v) is 4.96. The van der Waals surface area contributed by atoms with Crippen LogP contribution in [-0.4, -0.2) is 40.1 Å². The number of rotatable bonds is 4. The van der Waals surface area contributed by atoms with Crippen LogP contribution in [0.15, 0.2) is 4.34 Å². The first-order valence-electron chi connectivity index (χ1n) is 5.97. The minimum absolute atomic E-state index is 0.0431. The number of carboxylic acid groups (broad SMARTS) is 1. The summed E-state index contributed by atoms with van der Waals surface area (Å²) in [6.45, 7) is 6.54. The average Bonchev–Trinajstić information content (AvgIpc) is 2.73. The van der Waals surface area contributed by atoms with E-state index >= 15 is 0 Å². The van der Waals surface area contributed by atoms with E-state index in [1.165, 1.54) is 29.5 Å². The Kier molecular flexibility index (Phi) is 4.45. The standard InChI is InChI=1S/C11H17N3O2S2/c1-7-3-8(2)5-14(4-7)10-12-13-11(18-10)17-6-9(15)16/h7-8H,3-6H2,1-2H3,(H,15,16). The highest BCUT2D eigenvalue weighted by Gasteiger charge is 2.24. The first-order valence-corrected chi connectivity index (χ1v) is 7.78. The molecule has 0 saturated carbocycles. The quantitative estimate of drug-likeness (QED) is 0.856. The van der Waals surface area contributed by atoms with Gasteiger partial charge in [-0.2, -0.15) is 0 Å². The molecule has 5 nitrogen and oxygen atoms in total.